The normalized spacial score (nSPS) is 21.7. The Morgan fingerprint density at radius 3 is 2.42 bits per heavy atom. The van der Waals surface area contributed by atoms with E-state index in [9.17, 15) is 19.7 Å². The fourth-order valence-corrected chi connectivity index (χ4v) is 5.31. The van der Waals surface area contributed by atoms with Gasteiger partial charge in [0.1, 0.15) is 5.60 Å². The third kappa shape index (κ3) is 5.78. The van der Waals surface area contributed by atoms with Gasteiger partial charge in [0.2, 0.25) is 0 Å². The molecule has 1 fully saturated rings. The molecule has 1 unspecified atom stereocenters. The number of dihydropyridines is 1. The Kier molecular flexibility index (Phi) is 7.97. The SMILES string of the molecule is COC(=O)C1=C(C)NC(C)=C(C(=O)OC2(C)CCN(CCc3ccccc3)C2)[C@H]1c1cccc([N+](=O)[O-])c1. The van der Waals surface area contributed by atoms with Crippen LogP contribution in [0, 0.1) is 10.1 Å². The number of nitro groups is 1. The van der Waals surface area contributed by atoms with Crippen LogP contribution in [0.3, 0.4) is 0 Å². The van der Waals surface area contributed by atoms with Crippen LogP contribution in [-0.2, 0) is 25.5 Å². The quantitative estimate of drug-likeness (QED) is 0.313. The lowest BCUT2D eigenvalue weighted by atomic mass is 9.80. The smallest absolute Gasteiger partial charge is 0.337 e. The second-order valence-corrected chi connectivity index (χ2v) is 10.1. The fraction of sp³-hybridized carbons (Fsp3) is 0.379. The third-order valence-corrected chi connectivity index (χ3v) is 7.21. The number of nitrogens with zero attached hydrogens (tertiary/aromatic N) is 2. The van der Waals surface area contributed by atoms with Crippen LogP contribution in [0.2, 0.25) is 0 Å². The van der Waals surface area contributed by atoms with Gasteiger partial charge in [-0.1, -0.05) is 42.5 Å². The Morgan fingerprint density at radius 1 is 1.08 bits per heavy atom. The molecule has 9 heteroatoms. The summed E-state index contributed by atoms with van der Waals surface area (Å²) in [7, 11) is 1.26. The molecule has 0 bridgehead atoms. The van der Waals surface area contributed by atoms with E-state index in [4.69, 9.17) is 9.47 Å². The van der Waals surface area contributed by atoms with E-state index in [0.29, 0.717) is 29.9 Å². The van der Waals surface area contributed by atoms with Gasteiger partial charge in [0.25, 0.3) is 5.69 Å². The van der Waals surface area contributed by atoms with Crippen LogP contribution >= 0.6 is 0 Å². The molecule has 1 N–H and O–H groups in total. The van der Waals surface area contributed by atoms with Crippen molar-refractivity contribution in [2.75, 3.05) is 26.7 Å². The van der Waals surface area contributed by atoms with Gasteiger partial charge in [-0.25, -0.2) is 9.59 Å². The van der Waals surface area contributed by atoms with Crippen molar-refractivity contribution in [2.45, 2.75) is 45.1 Å². The first-order valence-electron chi connectivity index (χ1n) is 12.6. The summed E-state index contributed by atoms with van der Waals surface area (Å²) in [6.45, 7) is 7.61. The standard InChI is InChI=1S/C29H33N3O6/c1-19-24(27(33)37-4)26(22-11-8-12-23(17-22)32(35)36)25(20(2)30-19)28(34)38-29(3)14-16-31(18-29)15-13-21-9-6-5-7-10-21/h5-12,17,26,30H,13-16,18H2,1-4H3/t26-,29?/m0/s1. The summed E-state index contributed by atoms with van der Waals surface area (Å²) >= 11 is 0. The number of likely N-dealkylation sites (tertiary alicyclic amines) is 1. The molecular weight excluding hydrogens is 486 g/mol. The van der Waals surface area contributed by atoms with Crippen LogP contribution < -0.4 is 5.32 Å². The van der Waals surface area contributed by atoms with Crippen molar-refractivity contribution in [3.8, 4) is 0 Å². The van der Waals surface area contributed by atoms with E-state index >= 15 is 0 Å². The molecule has 9 nitrogen and oxygen atoms in total. The average molecular weight is 520 g/mol. The zero-order valence-corrected chi connectivity index (χ0v) is 22.2. The van der Waals surface area contributed by atoms with Gasteiger partial charge < -0.3 is 14.8 Å². The number of ether oxygens (including phenoxy) is 2. The number of hydrogen-bond acceptors (Lipinski definition) is 8. The van der Waals surface area contributed by atoms with Gasteiger partial charge in [0.05, 0.1) is 29.1 Å². The number of esters is 2. The summed E-state index contributed by atoms with van der Waals surface area (Å²) in [6, 6.07) is 16.2. The first-order valence-corrected chi connectivity index (χ1v) is 12.6. The van der Waals surface area contributed by atoms with Crippen LogP contribution in [0.1, 0.15) is 44.2 Å². The Labute approximate surface area is 222 Å². The minimum absolute atomic E-state index is 0.134. The molecule has 0 amide bonds. The Bertz CT molecular complexity index is 1300. The molecule has 2 heterocycles. The predicted molar refractivity (Wildman–Crippen MR) is 142 cm³/mol. The second-order valence-electron chi connectivity index (χ2n) is 10.1. The molecule has 2 aliphatic heterocycles. The van der Waals surface area contributed by atoms with E-state index in [2.05, 4.69) is 22.3 Å². The summed E-state index contributed by atoms with van der Waals surface area (Å²) in [4.78, 5) is 39.9. The maximum atomic E-state index is 13.8. The Morgan fingerprint density at radius 2 is 1.76 bits per heavy atom. The molecule has 2 aromatic rings. The lowest BCUT2D eigenvalue weighted by molar-refractivity contribution is -0.384. The average Bonchev–Trinajstić information content (AvgIpc) is 3.27. The molecule has 38 heavy (non-hydrogen) atoms. The second kappa shape index (κ2) is 11.2. The first-order chi connectivity index (χ1) is 18.1. The number of carbonyl (C=O) groups excluding carboxylic acids is 2. The predicted octanol–water partition coefficient (Wildman–Crippen LogP) is 4.25. The van der Waals surface area contributed by atoms with Gasteiger partial charge in [0, 0.05) is 49.6 Å². The number of methoxy groups -OCH3 is 1. The van der Waals surface area contributed by atoms with Crippen molar-refractivity contribution in [1.82, 2.24) is 10.2 Å². The van der Waals surface area contributed by atoms with E-state index in [0.717, 1.165) is 19.5 Å². The lowest BCUT2D eigenvalue weighted by Crippen LogP contribution is -2.39. The van der Waals surface area contributed by atoms with Gasteiger partial charge in [-0.15, -0.1) is 0 Å². The van der Waals surface area contributed by atoms with Gasteiger partial charge in [-0.3, -0.25) is 15.0 Å². The van der Waals surface area contributed by atoms with E-state index in [1.54, 1.807) is 26.0 Å². The van der Waals surface area contributed by atoms with E-state index in [-0.39, 0.29) is 16.8 Å². The Balaban J connectivity index is 1.59. The van der Waals surface area contributed by atoms with Crippen LogP contribution in [0.4, 0.5) is 5.69 Å². The van der Waals surface area contributed by atoms with E-state index < -0.39 is 28.4 Å². The summed E-state index contributed by atoms with van der Waals surface area (Å²) in [6.07, 6.45) is 1.58. The van der Waals surface area contributed by atoms with Crippen LogP contribution in [0.25, 0.3) is 0 Å². The minimum atomic E-state index is -0.879. The number of nitro benzene ring substituents is 1. The van der Waals surface area contributed by atoms with Crippen molar-refractivity contribution >= 4 is 17.6 Å². The molecule has 0 aromatic heterocycles. The Hall–Kier alpha value is -3.98. The number of hydrogen-bond donors (Lipinski definition) is 1. The molecular formula is C29H33N3O6. The highest BCUT2D eigenvalue weighted by molar-refractivity contribution is 6.00. The molecule has 2 atom stereocenters. The molecule has 0 radical (unpaired) electrons. The molecule has 2 aromatic carbocycles. The largest absolute Gasteiger partial charge is 0.466 e. The number of non-ortho nitro benzene ring substituents is 1. The molecule has 4 rings (SSSR count). The van der Waals surface area contributed by atoms with E-state index in [1.165, 1.54) is 24.8 Å². The zero-order chi connectivity index (χ0) is 27.4. The maximum absolute atomic E-state index is 13.8. The van der Waals surface area contributed by atoms with Crippen molar-refractivity contribution in [3.05, 3.63) is 98.4 Å². The monoisotopic (exact) mass is 519 g/mol. The minimum Gasteiger partial charge on any atom is -0.466 e. The van der Waals surface area contributed by atoms with Gasteiger partial charge in [-0.05, 0) is 38.3 Å². The summed E-state index contributed by atoms with van der Waals surface area (Å²) < 4.78 is 11.2. The highest BCUT2D eigenvalue weighted by Crippen LogP contribution is 2.41. The summed E-state index contributed by atoms with van der Waals surface area (Å²) in [5, 5.41) is 14.6. The molecule has 2 aliphatic rings. The lowest BCUT2D eigenvalue weighted by Gasteiger charge is -2.32. The van der Waals surface area contributed by atoms with E-state index in [1.807, 2.05) is 25.1 Å². The van der Waals surface area contributed by atoms with Gasteiger partial charge in [0.15, 0.2) is 0 Å². The van der Waals surface area contributed by atoms with Crippen molar-refractivity contribution < 1.29 is 24.0 Å². The number of allylic oxidation sites excluding steroid dienone is 2. The molecule has 200 valence electrons. The fourth-order valence-electron chi connectivity index (χ4n) is 5.31. The van der Waals surface area contributed by atoms with Crippen molar-refractivity contribution in [1.29, 1.82) is 0 Å². The first kappa shape index (κ1) is 27.1. The number of benzene rings is 2. The highest BCUT2D eigenvalue weighted by Gasteiger charge is 2.42. The third-order valence-electron chi connectivity index (χ3n) is 7.21. The number of nitrogens with one attached hydrogen (secondary N) is 1. The van der Waals surface area contributed by atoms with Gasteiger partial charge >= 0.3 is 11.9 Å². The van der Waals surface area contributed by atoms with Crippen LogP contribution in [0.15, 0.2) is 77.1 Å². The van der Waals surface area contributed by atoms with Crippen LogP contribution in [-0.4, -0.2) is 54.1 Å². The van der Waals surface area contributed by atoms with Crippen molar-refractivity contribution in [3.63, 3.8) is 0 Å². The topological polar surface area (TPSA) is 111 Å². The molecule has 0 spiro atoms. The number of rotatable bonds is 8. The zero-order valence-electron chi connectivity index (χ0n) is 22.2. The maximum Gasteiger partial charge on any atom is 0.337 e. The number of carbonyl (C=O) groups is 2. The molecule has 0 saturated carbocycles. The van der Waals surface area contributed by atoms with Gasteiger partial charge in [-0.2, -0.15) is 0 Å². The summed E-state index contributed by atoms with van der Waals surface area (Å²) in [5.41, 5.74) is 2.34. The molecule has 0 aliphatic carbocycles. The highest BCUT2D eigenvalue weighted by atomic mass is 16.6. The van der Waals surface area contributed by atoms with Crippen LogP contribution in [0.5, 0.6) is 0 Å². The van der Waals surface area contributed by atoms with Crippen molar-refractivity contribution in [2.24, 2.45) is 0 Å². The molecule has 1 saturated heterocycles. The summed E-state index contributed by atoms with van der Waals surface area (Å²) in [5.74, 6) is -2.06.